The Morgan fingerprint density at radius 1 is 1.71 bits per heavy atom. The van der Waals surface area contributed by atoms with Gasteiger partial charge in [-0.2, -0.15) is 11.8 Å². The summed E-state index contributed by atoms with van der Waals surface area (Å²) in [7, 11) is 1.64. The van der Waals surface area contributed by atoms with Crippen molar-refractivity contribution in [3.8, 4) is 0 Å². The molecule has 6 N–H and O–H groups in total. The Hall–Kier alpha value is -1.02. The zero-order chi connectivity index (χ0) is 12.7. The van der Waals surface area contributed by atoms with Crippen LogP contribution in [0.25, 0.3) is 0 Å². The summed E-state index contributed by atoms with van der Waals surface area (Å²) in [5, 5.41) is 7.77. The molecule has 0 spiro atoms. The number of aliphatic imine (C=N–C) groups is 1. The van der Waals surface area contributed by atoms with Crippen LogP contribution in [0.3, 0.4) is 0 Å². The predicted molar refractivity (Wildman–Crippen MR) is 74.4 cm³/mol. The predicted octanol–water partition coefficient (Wildman–Crippen LogP) is -0.409. The number of hydrogen-bond acceptors (Lipinski definition) is 5. The quantitative estimate of drug-likeness (QED) is 0.298. The maximum Gasteiger partial charge on any atom is 0.220 e. The molecule has 6 nitrogen and oxygen atoms in total. The van der Waals surface area contributed by atoms with Crippen molar-refractivity contribution in [2.24, 2.45) is 16.5 Å². The maximum atomic E-state index is 11.0. The minimum Gasteiger partial charge on any atom is -0.370 e. The molecule has 1 rings (SSSR count). The molecule has 0 aromatic rings. The normalized spacial score (nSPS) is 18.2. The molecule has 96 valence electrons. The van der Waals surface area contributed by atoms with E-state index < -0.39 is 0 Å². The molecule has 17 heavy (non-hydrogen) atoms. The molecule has 1 heterocycles. The average Bonchev–Trinajstić information content (AvgIpc) is 2.70. The smallest absolute Gasteiger partial charge is 0.220 e. The Labute approximate surface area is 109 Å². The van der Waals surface area contributed by atoms with Crippen LogP contribution in [0.15, 0.2) is 16.1 Å². The van der Waals surface area contributed by atoms with Gasteiger partial charge in [0.2, 0.25) is 5.91 Å². The highest BCUT2D eigenvalue weighted by molar-refractivity contribution is 8.03. The molecule has 0 bridgehead atoms. The first-order valence-electron chi connectivity index (χ1n) is 5.10. The van der Waals surface area contributed by atoms with Gasteiger partial charge < -0.3 is 22.1 Å². The van der Waals surface area contributed by atoms with Gasteiger partial charge in [-0.25, -0.2) is 4.99 Å². The zero-order valence-electron chi connectivity index (χ0n) is 9.60. The van der Waals surface area contributed by atoms with Crippen molar-refractivity contribution in [3.05, 3.63) is 11.1 Å². The second-order valence-electron chi connectivity index (χ2n) is 3.31. The molecule has 0 aromatic heterocycles. The zero-order valence-corrected chi connectivity index (χ0v) is 11.2. The van der Waals surface area contributed by atoms with Gasteiger partial charge >= 0.3 is 0 Å². The molecule has 0 saturated carbocycles. The Balaban J connectivity index is 2.14. The summed E-state index contributed by atoms with van der Waals surface area (Å²) in [6, 6.07) is 0. The summed E-state index contributed by atoms with van der Waals surface area (Å²) in [5.74, 6) is 1.78. The van der Waals surface area contributed by atoms with Crippen LogP contribution < -0.4 is 22.1 Å². The van der Waals surface area contributed by atoms with Crippen LogP contribution in [0.5, 0.6) is 0 Å². The van der Waals surface area contributed by atoms with E-state index in [9.17, 15) is 4.79 Å². The number of hydrogen-bond donors (Lipinski definition) is 4. The molecule has 0 aliphatic carbocycles. The summed E-state index contributed by atoms with van der Waals surface area (Å²) < 4.78 is 0. The van der Waals surface area contributed by atoms with Crippen LogP contribution in [0.2, 0.25) is 0 Å². The van der Waals surface area contributed by atoms with Gasteiger partial charge in [-0.05, 0) is 5.41 Å². The SMILES string of the molecule is CNC(=O)CCSCC1=CSC(N=C(N)N)N1. The van der Waals surface area contributed by atoms with E-state index in [1.54, 1.807) is 18.8 Å². The molecule has 0 fully saturated rings. The molecule has 1 aliphatic rings. The molecular formula is C9H17N5OS2. The summed E-state index contributed by atoms with van der Waals surface area (Å²) in [6.45, 7) is 0. The second-order valence-corrected chi connectivity index (χ2v) is 5.37. The number of nitrogens with zero attached hydrogens (tertiary/aromatic N) is 1. The minimum atomic E-state index is -0.116. The van der Waals surface area contributed by atoms with E-state index in [0.717, 1.165) is 17.2 Å². The van der Waals surface area contributed by atoms with Gasteiger partial charge in [0, 0.05) is 30.7 Å². The molecule has 0 saturated heterocycles. The third-order valence-electron chi connectivity index (χ3n) is 1.92. The highest BCUT2D eigenvalue weighted by Crippen LogP contribution is 2.23. The molecule has 8 heteroatoms. The molecule has 0 aromatic carbocycles. The van der Waals surface area contributed by atoms with Crippen LogP contribution in [0, 0.1) is 0 Å². The fourth-order valence-corrected chi connectivity index (χ4v) is 2.93. The van der Waals surface area contributed by atoms with Crippen molar-refractivity contribution in [2.45, 2.75) is 11.9 Å². The van der Waals surface area contributed by atoms with Crippen LogP contribution in [0.1, 0.15) is 6.42 Å². The van der Waals surface area contributed by atoms with Gasteiger partial charge in [0.1, 0.15) is 0 Å². The highest BCUT2D eigenvalue weighted by Gasteiger charge is 2.15. The Kier molecular flexibility index (Phi) is 6.06. The van der Waals surface area contributed by atoms with Crippen LogP contribution >= 0.6 is 23.5 Å². The lowest BCUT2D eigenvalue weighted by Gasteiger charge is -2.08. The first-order valence-corrected chi connectivity index (χ1v) is 7.19. The van der Waals surface area contributed by atoms with Crippen molar-refractivity contribution < 1.29 is 4.79 Å². The number of carbonyl (C=O) groups excluding carboxylic acids is 1. The first kappa shape index (κ1) is 14.0. The summed E-state index contributed by atoms with van der Waals surface area (Å²) in [6.07, 6.45) is 0.541. The molecule has 1 aliphatic heterocycles. The van der Waals surface area contributed by atoms with Crippen molar-refractivity contribution in [2.75, 3.05) is 18.6 Å². The number of nitrogens with two attached hydrogens (primary N) is 2. The number of nitrogens with one attached hydrogen (secondary N) is 2. The van der Waals surface area contributed by atoms with E-state index >= 15 is 0 Å². The van der Waals surface area contributed by atoms with E-state index in [1.807, 2.05) is 5.41 Å². The standard InChI is InChI=1S/C9H17N5OS2/c1-12-7(15)2-3-16-4-6-5-17-9(13-6)14-8(10)11/h5,9,13H,2-4H2,1H3,(H,12,15)(H4,10,11,14). The van der Waals surface area contributed by atoms with Crippen LogP contribution in [-0.4, -0.2) is 35.9 Å². The van der Waals surface area contributed by atoms with Gasteiger partial charge in [0.05, 0.1) is 0 Å². The van der Waals surface area contributed by atoms with Crippen LogP contribution in [-0.2, 0) is 4.79 Å². The third-order valence-corrected chi connectivity index (χ3v) is 3.83. The van der Waals surface area contributed by atoms with Crippen LogP contribution in [0.4, 0.5) is 0 Å². The Morgan fingerprint density at radius 3 is 3.12 bits per heavy atom. The lowest BCUT2D eigenvalue weighted by Crippen LogP contribution is -2.28. The second kappa shape index (κ2) is 7.33. The fourth-order valence-electron chi connectivity index (χ4n) is 1.12. The number of guanidine groups is 1. The summed E-state index contributed by atoms with van der Waals surface area (Å²) in [4.78, 5) is 15.0. The largest absolute Gasteiger partial charge is 0.370 e. The van der Waals surface area contributed by atoms with Gasteiger partial charge in [0.25, 0.3) is 0 Å². The van der Waals surface area contributed by atoms with Gasteiger partial charge in [-0.15, -0.1) is 0 Å². The number of amides is 1. The fraction of sp³-hybridized carbons (Fsp3) is 0.556. The van der Waals surface area contributed by atoms with E-state index in [0.29, 0.717) is 6.42 Å². The van der Waals surface area contributed by atoms with E-state index in [1.165, 1.54) is 11.8 Å². The first-order chi connectivity index (χ1) is 8.11. The number of carbonyl (C=O) groups is 1. The van der Waals surface area contributed by atoms with Gasteiger partial charge in [-0.1, -0.05) is 11.8 Å². The van der Waals surface area contributed by atoms with Crippen molar-refractivity contribution in [1.29, 1.82) is 0 Å². The van der Waals surface area contributed by atoms with Crippen molar-refractivity contribution in [3.63, 3.8) is 0 Å². The topological polar surface area (TPSA) is 106 Å². The number of thioether (sulfide) groups is 2. The highest BCUT2D eigenvalue weighted by atomic mass is 32.2. The molecule has 1 amide bonds. The van der Waals surface area contributed by atoms with Gasteiger partial charge in [0.15, 0.2) is 11.5 Å². The number of rotatable bonds is 6. The van der Waals surface area contributed by atoms with Crippen molar-refractivity contribution in [1.82, 2.24) is 10.6 Å². The van der Waals surface area contributed by atoms with E-state index in [-0.39, 0.29) is 17.4 Å². The lowest BCUT2D eigenvalue weighted by atomic mass is 10.5. The summed E-state index contributed by atoms with van der Waals surface area (Å²) in [5.41, 5.74) is 11.6. The van der Waals surface area contributed by atoms with E-state index in [2.05, 4.69) is 15.6 Å². The molecule has 1 atom stereocenters. The third kappa shape index (κ3) is 5.73. The molecular weight excluding hydrogens is 258 g/mol. The Morgan fingerprint density at radius 2 is 2.47 bits per heavy atom. The lowest BCUT2D eigenvalue weighted by molar-refractivity contribution is -0.120. The minimum absolute atomic E-state index is 0.0682. The molecule has 0 radical (unpaired) electrons. The van der Waals surface area contributed by atoms with Gasteiger partial charge in [-0.3, -0.25) is 4.79 Å². The van der Waals surface area contributed by atoms with E-state index in [4.69, 9.17) is 11.5 Å². The summed E-state index contributed by atoms with van der Waals surface area (Å²) >= 11 is 3.23. The monoisotopic (exact) mass is 275 g/mol. The Bertz CT molecular complexity index is 327. The molecule has 1 unspecified atom stereocenters. The van der Waals surface area contributed by atoms with Crippen molar-refractivity contribution >= 4 is 35.4 Å². The average molecular weight is 275 g/mol. The maximum absolute atomic E-state index is 11.0.